The summed E-state index contributed by atoms with van der Waals surface area (Å²) in [4.78, 5) is 19.8. The van der Waals surface area contributed by atoms with Crippen molar-refractivity contribution in [3.63, 3.8) is 0 Å². The van der Waals surface area contributed by atoms with E-state index in [9.17, 15) is 19.0 Å². The summed E-state index contributed by atoms with van der Waals surface area (Å²) in [6.07, 6.45) is 4.89. The van der Waals surface area contributed by atoms with Crippen LogP contribution < -0.4 is 10.2 Å². The van der Waals surface area contributed by atoms with Crippen molar-refractivity contribution in [3.05, 3.63) is 59.8 Å². The molecule has 2 N–H and O–H groups in total. The molecule has 41 heavy (non-hydrogen) atoms. The van der Waals surface area contributed by atoms with Crippen LogP contribution in [-0.4, -0.2) is 62.9 Å². The number of rotatable bonds is 6. The fourth-order valence-electron chi connectivity index (χ4n) is 6.09. The fourth-order valence-corrected chi connectivity index (χ4v) is 7.83. The summed E-state index contributed by atoms with van der Waals surface area (Å²) in [5.74, 6) is 0.353. The Morgan fingerprint density at radius 2 is 1.93 bits per heavy atom. The number of carbonyl (C=O) groups excluding carboxylic acids is 1. The van der Waals surface area contributed by atoms with Gasteiger partial charge in [0.2, 0.25) is 5.91 Å². The summed E-state index contributed by atoms with van der Waals surface area (Å²) >= 11 is 0. The Labute approximate surface area is 241 Å². The van der Waals surface area contributed by atoms with Gasteiger partial charge >= 0.3 is 0 Å². The third-order valence-electron chi connectivity index (χ3n) is 8.44. The summed E-state index contributed by atoms with van der Waals surface area (Å²) in [5, 5.41) is 17.0. The lowest BCUT2D eigenvalue weighted by Gasteiger charge is -2.37. The first kappa shape index (κ1) is 28.9. The number of nitrogens with zero attached hydrogens (tertiary/aromatic N) is 6. The highest BCUT2D eigenvalue weighted by Gasteiger charge is 2.37. The molecule has 1 aromatic carbocycles. The van der Waals surface area contributed by atoms with Gasteiger partial charge in [-0.2, -0.15) is 10.4 Å². The van der Waals surface area contributed by atoms with E-state index in [4.69, 9.17) is 5.10 Å². The van der Waals surface area contributed by atoms with E-state index < -0.39 is 22.0 Å². The molecule has 9 nitrogen and oxygen atoms in total. The van der Waals surface area contributed by atoms with Gasteiger partial charge in [0.1, 0.15) is 6.04 Å². The van der Waals surface area contributed by atoms with Crippen molar-refractivity contribution in [2.75, 3.05) is 36.5 Å². The molecule has 218 valence electrons. The van der Waals surface area contributed by atoms with Gasteiger partial charge in [-0.05, 0) is 56.5 Å². The first-order valence-corrected chi connectivity index (χ1v) is 16.3. The van der Waals surface area contributed by atoms with Crippen LogP contribution in [0.15, 0.2) is 47.0 Å². The molecule has 0 bridgehead atoms. The fraction of sp³-hybridized carbons (Fsp3) is 0.467. The molecule has 1 saturated carbocycles. The van der Waals surface area contributed by atoms with Crippen LogP contribution in [0, 0.1) is 30.0 Å². The van der Waals surface area contributed by atoms with Gasteiger partial charge in [-0.3, -0.25) is 9.16 Å². The lowest BCUT2D eigenvalue weighted by atomic mass is 9.75. The number of anilines is 1. The van der Waals surface area contributed by atoms with Crippen molar-refractivity contribution in [2.24, 2.45) is 10.3 Å². The van der Waals surface area contributed by atoms with Crippen molar-refractivity contribution >= 4 is 21.7 Å². The highest BCUT2D eigenvalue weighted by molar-refractivity contribution is 8.00. The molecule has 2 fully saturated rings. The van der Waals surface area contributed by atoms with Crippen LogP contribution in [0.4, 0.5) is 10.1 Å². The third-order valence-corrected chi connectivity index (χ3v) is 11.0. The molecule has 0 radical (unpaired) electrons. The Kier molecular flexibility index (Phi) is 8.52. The number of nitriles is 1. The van der Waals surface area contributed by atoms with E-state index in [1.165, 1.54) is 6.07 Å². The van der Waals surface area contributed by atoms with Gasteiger partial charge in [-0.1, -0.05) is 25.0 Å². The average molecular weight is 580 g/mol. The molecule has 3 heterocycles. The monoisotopic (exact) mass is 579 g/mol. The summed E-state index contributed by atoms with van der Waals surface area (Å²) < 4.78 is 31.3. The first-order chi connectivity index (χ1) is 19.7. The molecule has 11 heteroatoms. The topological polar surface area (TPSA) is 119 Å². The number of amides is 1. The van der Waals surface area contributed by atoms with Gasteiger partial charge in [0.25, 0.3) is 0 Å². The minimum absolute atomic E-state index is 0.120. The zero-order valence-corrected chi connectivity index (χ0v) is 24.7. The van der Waals surface area contributed by atoms with Crippen LogP contribution >= 0.6 is 0 Å². The van der Waals surface area contributed by atoms with Crippen LogP contribution in [0.5, 0.6) is 0 Å². The molecule has 0 unspecified atom stereocenters. The van der Waals surface area contributed by atoms with E-state index in [1.54, 1.807) is 30.9 Å². The third kappa shape index (κ3) is 5.90. The highest BCUT2D eigenvalue weighted by atomic mass is 32.3. The Morgan fingerprint density at radius 3 is 2.59 bits per heavy atom. The molecule has 1 aliphatic heterocycles. The number of aromatic nitrogens is 3. The smallest absolute Gasteiger partial charge is 0.224 e. The van der Waals surface area contributed by atoms with Crippen molar-refractivity contribution in [2.45, 2.75) is 51.5 Å². The Bertz CT molecular complexity index is 1500. The zero-order chi connectivity index (χ0) is 29.1. The van der Waals surface area contributed by atoms with E-state index in [-0.39, 0.29) is 23.6 Å². The van der Waals surface area contributed by atoms with E-state index in [2.05, 4.69) is 49.9 Å². The van der Waals surface area contributed by atoms with Gasteiger partial charge in [-0.15, -0.1) is 10.1 Å². The predicted molar refractivity (Wildman–Crippen MR) is 161 cm³/mol. The minimum atomic E-state index is -2.16. The van der Waals surface area contributed by atoms with Gasteiger partial charge in [0, 0.05) is 60.9 Å². The van der Waals surface area contributed by atoms with E-state index >= 15 is 0 Å². The maximum atomic E-state index is 14.9. The van der Waals surface area contributed by atoms with Gasteiger partial charge < -0.3 is 14.8 Å². The van der Waals surface area contributed by atoms with Crippen LogP contribution in [0.3, 0.4) is 0 Å². The van der Waals surface area contributed by atoms with E-state index in [1.807, 2.05) is 6.92 Å². The number of carbonyl (C=O) groups is 1. The van der Waals surface area contributed by atoms with Crippen molar-refractivity contribution in [1.29, 1.82) is 5.26 Å². The van der Waals surface area contributed by atoms with Crippen LogP contribution in [0.1, 0.15) is 49.9 Å². The molecule has 3 atom stereocenters. The Balaban J connectivity index is 1.55. The molecular weight excluding hydrogens is 541 g/mol. The standard InChI is InChI=1S/C30H38FN7O2S/c1-20(19-32)35-30(39)25-8-5-4-7-24(25)28-27(21(2)38(36-28)29-26(31)9-6-14-34-29)22-10-12-23(13-11-22)37-15-17-41(40,33-3)18-16-37/h6,9-14,20,24-25,41H,4-5,7-8,15-18H2,1-3H3,(H,33,40)(H,35,39)/t20-,24+,25+/m0/s1. The van der Waals surface area contributed by atoms with Crippen molar-refractivity contribution in [3.8, 4) is 23.0 Å². The quantitative estimate of drug-likeness (QED) is 0.365. The molecule has 1 aliphatic carbocycles. The molecular formula is C30H38FN7O2S. The zero-order valence-electron chi connectivity index (χ0n) is 23.8. The number of benzene rings is 1. The maximum absolute atomic E-state index is 14.9. The van der Waals surface area contributed by atoms with Crippen LogP contribution in [0.2, 0.25) is 0 Å². The highest BCUT2D eigenvalue weighted by Crippen LogP contribution is 2.43. The second-order valence-corrected chi connectivity index (χ2v) is 14.0. The summed E-state index contributed by atoms with van der Waals surface area (Å²) in [5.41, 5.74) is 4.38. The molecule has 2 aliphatic rings. The number of nitrogens with one attached hydrogen (secondary N) is 1. The van der Waals surface area contributed by atoms with Gasteiger partial charge in [-0.25, -0.2) is 14.1 Å². The summed E-state index contributed by atoms with van der Waals surface area (Å²) in [7, 11) is -0.451. The number of thiol groups is 1. The lowest BCUT2D eigenvalue weighted by molar-refractivity contribution is -0.126. The van der Waals surface area contributed by atoms with Crippen molar-refractivity contribution < 1.29 is 13.7 Å². The molecule has 3 aromatic rings. The maximum Gasteiger partial charge on any atom is 0.224 e. The number of hydrogen-bond acceptors (Lipinski definition) is 6. The summed E-state index contributed by atoms with van der Waals surface area (Å²) in [6, 6.07) is 12.7. The number of pyridine rings is 1. The molecule has 2 aromatic heterocycles. The Hall–Kier alpha value is -3.62. The molecule has 1 saturated heterocycles. The van der Waals surface area contributed by atoms with Gasteiger partial charge in [0.05, 0.1) is 17.5 Å². The van der Waals surface area contributed by atoms with E-state index in [0.717, 1.165) is 60.6 Å². The summed E-state index contributed by atoms with van der Waals surface area (Å²) in [6.45, 7) is 5.09. The number of hydrogen-bond donors (Lipinski definition) is 3. The molecule has 1 amide bonds. The Morgan fingerprint density at radius 1 is 1.22 bits per heavy atom. The first-order valence-electron chi connectivity index (χ1n) is 14.2. The minimum Gasteiger partial charge on any atom is -0.370 e. The second kappa shape index (κ2) is 12.1. The van der Waals surface area contributed by atoms with Gasteiger partial charge in [0.15, 0.2) is 11.6 Å². The largest absolute Gasteiger partial charge is 0.370 e. The molecule has 0 spiro atoms. The van der Waals surface area contributed by atoms with Crippen molar-refractivity contribution in [1.82, 2.24) is 20.1 Å². The van der Waals surface area contributed by atoms with E-state index in [0.29, 0.717) is 17.9 Å². The SMILES string of the molecule is CN=[SH]1(O)CCN(c2ccc(-c3c([C@@H]4CCCC[C@H]4C(=O)N[C@@H](C)C#N)nn(-c4ncccc4F)c3C)cc2)CC1. The number of halogens is 1. The average Bonchev–Trinajstić information content (AvgIpc) is 3.34. The second-order valence-electron chi connectivity index (χ2n) is 11.0. The lowest BCUT2D eigenvalue weighted by Crippen LogP contribution is -2.43. The molecule has 5 rings (SSSR count). The predicted octanol–water partition coefficient (Wildman–Crippen LogP) is 4.68. The normalized spacial score (nSPS) is 21.9. The van der Waals surface area contributed by atoms with Crippen LogP contribution in [-0.2, 0) is 14.9 Å². The van der Waals surface area contributed by atoms with Crippen LogP contribution in [0.25, 0.3) is 16.9 Å².